The van der Waals surface area contributed by atoms with Crippen molar-refractivity contribution >= 4 is 0 Å². The molecule has 0 atom stereocenters. The molecule has 0 aliphatic heterocycles. The van der Waals surface area contributed by atoms with Gasteiger partial charge in [-0.25, -0.2) is 0 Å². The van der Waals surface area contributed by atoms with E-state index in [9.17, 15) is 0 Å². The molecule has 0 saturated heterocycles. The smallest absolute Gasteiger partial charge is 0.0991 e. The summed E-state index contributed by atoms with van der Waals surface area (Å²) in [5.41, 5.74) is 4.10. The molecular formula is C30H37N. The average molecular weight is 412 g/mol. The number of hydrogen-bond donors (Lipinski definition) is 0. The zero-order chi connectivity index (χ0) is 21.7. The first-order chi connectivity index (χ1) is 15.3. The molecule has 0 spiro atoms. The molecule has 1 aliphatic carbocycles. The van der Waals surface area contributed by atoms with Crippen molar-refractivity contribution < 1.29 is 0 Å². The van der Waals surface area contributed by atoms with E-state index in [1.807, 2.05) is 24.3 Å². The Labute approximate surface area is 189 Å². The van der Waals surface area contributed by atoms with E-state index in [4.69, 9.17) is 5.26 Å². The molecule has 3 rings (SSSR count). The largest absolute Gasteiger partial charge is 0.192 e. The minimum absolute atomic E-state index is 0.573. The van der Waals surface area contributed by atoms with Crippen LogP contribution in [0.1, 0.15) is 95.1 Å². The fourth-order valence-electron chi connectivity index (χ4n) is 4.65. The second-order valence-corrected chi connectivity index (χ2v) is 9.16. The third-order valence-corrected chi connectivity index (χ3v) is 6.72. The summed E-state index contributed by atoms with van der Waals surface area (Å²) in [5, 5.41) is 8.93. The van der Waals surface area contributed by atoms with Crippen molar-refractivity contribution in [2.24, 2.45) is 11.8 Å². The Morgan fingerprint density at radius 2 is 1.26 bits per heavy atom. The summed E-state index contributed by atoms with van der Waals surface area (Å²) in [4.78, 5) is 0. The summed E-state index contributed by atoms with van der Waals surface area (Å²) in [6.07, 6.45) is 16.6. The maximum atomic E-state index is 8.93. The molecule has 0 bridgehead atoms. The molecule has 1 fully saturated rings. The quantitative estimate of drug-likeness (QED) is 0.299. The highest BCUT2D eigenvalue weighted by molar-refractivity contribution is 5.65. The van der Waals surface area contributed by atoms with Gasteiger partial charge in [-0.15, -0.1) is 0 Å². The van der Waals surface area contributed by atoms with Crippen LogP contribution in [-0.2, 0) is 0 Å². The van der Waals surface area contributed by atoms with Gasteiger partial charge in [0.1, 0.15) is 0 Å². The molecule has 0 heterocycles. The van der Waals surface area contributed by atoms with Crippen molar-refractivity contribution in [1.29, 1.82) is 5.26 Å². The van der Waals surface area contributed by atoms with Gasteiger partial charge in [-0.2, -0.15) is 5.26 Å². The first-order valence-corrected chi connectivity index (χ1v) is 12.4. The number of unbranched alkanes of at least 4 members (excludes halogenated alkanes) is 6. The van der Waals surface area contributed by atoms with Crippen molar-refractivity contribution in [1.82, 2.24) is 0 Å². The lowest BCUT2D eigenvalue weighted by atomic mass is 9.80. The Hall–Kier alpha value is -2.51. The molecule has 0 unspecified atom stereocenters. The lowest BCUT2D eigenvalue weighted by Crippen LogP contribution is -2.13. The molecular weight excluding hydrogens is 374 g/mol. The van der Waals surface area contributed by atoms with E-state index < -0.39 is 0 Å². The summed E-state index contributed by atoms with van der Waals surface area (Å²) >= 11 is 0. The number of nitriles is 1. The minimum Gasteiger partial charge on any atom is -0.192 e. The Kier molecular flexibility index (Phi) is 9.73. The lowest BCUT2D eigenvalue weighted by molar-refractivity contribution is 0.293. The fourth-order valence-corrected chi connectivity index (χ4v) is 4.65. The molecule has 2 aromatic carbocycles. The van der Waals surface area contributed by atoms with Crippen LogP contribution in [0.15, 0.2) is 48.5 Å². The van der Waals surface area contributed by atoms with Gasteiger partial charge in [-0.3, -0.25) is 0 Å². The molecule has 0 N–H and O–H groups in total. The first-order valence-electron chi connectivity index (χ1n) is 12.4. The third kappa shape index (κ3) is 7.92. The van der Waals surface area contributed by atoms with Crippen LogP contribution in [0.2, 0.25) is 0 Å². The second kappa shape index (κ2) is 13.0. The third-order valence-electron chi connectivity index (χ3n) is 6.72. The van der Waals surface area contributed by atoms with Crippen molar-refractivity contribution in [3.05, 3.63) is 59.7 Å². The maximum absolute atomic E-state index is 8.93. The van der Waals surface area contributed by atoms with Crippen molar-refractivity contribution in [3.63, 3.8) is 0 Å². The van der Waals surface area contributed by atoms with Gasteiger partial charge in [-0.05, 0) is 67.0 Å². The maximum Gasteiger partial charge on any atom is 0.0991 e. The molecule has 31 heavy (non-hydrogen) atoms. The van der Waals surface area contributed by atoms with Gasteiger partial charge >= 0.3 is 0 Å². The first kappa shape index (κ1) is 23.2. The van der Waals surface area contributed by atoms with Crippen LogP contribution < -0.4 is 0 Å². The molecule has 2 aromatic rings. The molecule has 1 heteroatoms. The highest BCUT2D eigenvalue weighted by atomic mass is 14.2. The predicted molar refractivity (Wildman–Crippen MR) is 132 cm³/mol. The van der Waals surface area contributed by atoms with Gasteiger partial charge < -0.3 is 0 Å². The summed E-state index contributed by atoms with van der Waals surface area (Å²) < 4.78 is 0. The minimum atomic E-state index is 0.573. The summed E-state index contributed by atoms with van der Waals surface area (Å²) in [6.45, 7) is 2.29. The van der Waals surface area contributed by atoms with Crippen LogP contribution in [0, 0.1) is 35.0 Å². The van der Waals surface area contributed by atoms with Gasteiger partial charge in [0.25, 0.3) is 0 Å². The number of nitrogens with zero attached hydrogens (tertiary/aromatic N) is 1. The SMILES string of the molecule is CCCCCCCCC[C@H]1CC[C@H](C#Cc2ccc(-c3ccc(C#N)cc3)cc2)CC1. The van der Waals surface area contributed by atoms with Gasteiger partial charge in [0.2, 0.25) is 0 Å². The van der Waals surface area contributed by atoms with E-state index in [1.165, 1.54) is 82.6 Å². The lowest BCUT2D eigenvalue weighted by Gasteiger charge is -2.25. The van der Waals surface area contributed by atoms with Crippen LogP contribution in [0.4, 0.5) is 0 Å². The topological polar surface area (TPSA) is 23.8 Å². The number of rotatable bonds is 9. The normalized spacial score (nSPS) is 18.1. The average Bonchev–Trinajstić information content (AvgIpc) is 2.83. The van der Waals surface area contributed by atoms with E-state index in [0.717, 1.165) is 17.0 Å². The Morgan fingerprint density at radius 1 is 0.710 bits per heavy atom. The molecule has 0 amide bonds. The number of hydrogen-bond acceptors (Lipinski definition) is 1. The van der Waals surface area contributed by atoms with Gasteiger partial charge in [0.05, 0.1) is 11.6 Å². The van der Waals surface area contributed by atoms with Gasteiger partial charge in [0, 0.05) is 11.5 Å². The summed E-state index contributed by atoms with van der Waals surface area (Å²) in [6, 6.07) is 18.4. The molecule has 1 aliphatic rings. The fraction of sp³-hybridized carbons (Fsp3) is 0.500. The van der Waals surface area contributed by atoms with Crippen molar-refractivity contribution in [2.45, 2.75) is 84.0 Å². The van der Waals surface area contributed by atoms with Gasteiger partial charge in [-0.1, -0.05) is 94.4 Å². The van der Waals surface area contributed by atoms with Crippen LogP contribution >= 0.6 is 0 Å². The van der Waals surface area contributed by atoms with Crippen molar-refractivity contribution in [3.8, 4) is 29.0 Å². The highest BCUT2D eigenvalue weighted by Crippen LogP contribution is 2.32. The summed E-state index contributed by atoms with van der Waals surface area (Å²) in [7, 11) is 0. The highest BCUT2D eigenvalue weighted by Gasteiger charge is 2.19. The van der Waals surface area contributed by atoms with Crippen molar-refractivity contribution in [2.75, 3.05) is 0 Å². The molecule has 1 saturated carbocycles. The Morgan fingerprint density at radius 3 is 1.84 bits per heavy atom. The predicted octanol–water partition coefficient (Wildman–Crippen LogP) is 8.52. The van der Waals surface area contributed by atoms with Crippen LogP contribution in [-0.4, -0.2) is 0 Å². The number of benzene rings is 2. The van der Waals surface area contributed by atoms with E-state index in [2.05, 4.69) is 49.1 Å². The van der Waals surface area contributed by atoms with E-state index in [0.29, 0.717) is 11.5 Å². The zero-order valence-electron chi connectivity index (χ0n) is 19.2. The molecule has 162 valence electrons. The van der Waals surface area contributed by atoms with Crippen LogP contribution in [0.25, 0.3) is 11.1 Å². The van der Waals surface area contributed by atoms with Crippen LogP contribution in [0.5, 0.6) is 0 Å². The van der Waals surface area contributed by atoms with Gasteiger partial charge in [0.15, 0.2) is 0 Å². The Bertz CT molecular complexity index is 865. The monoisotopic (exact) mass is 411 g/mol. The molecule has 0 radical (unpaired) electrons. The summed E-state index contributed by atoms with van der Waals surface area (Å²) in [5.74, 6) is 8.47. The van der Waals surface area contributed by atoms with E-state index >= 15 is 0 Å². The van der Waals surface area contributed by atoms with E-state index in [-0.39, 0.29) is 0 Å². The molecule has 0 aromatic heterocycles. The standard InChI is InChI=1S/C30H37N/c1-2-3-4-5-6-7-8-9-25-10-12-26(13-11-25)14-15-27-16-20-29(21-17-27)30-22-18-28(24-31)19-23-30/h16-23,25-26H,2-13H2,1H3/t25-,26-. The Balaban J connectivity index is 1.38. The zero-order valence-corrected chi connectivity index (χ0v) is 19.2. The van der Waals surface area contributed by atoms with E-state index in [1.54, 1.807) is 0 Å². The van der Waals surface area contributed by atoms with Crippen LogP contribution in [0.3, 0.4) is 0 Å². The second-order valence-electron chi connectivity index (χ2n) is 9.16. The molecule has 1 nitrogen and oxygen atoms in total.